The molecular formula is C15H19N. The van der Waals surface area contributed by atoms with Gasteiger partial charge in [0, 0.05) is 17.3 Å². The van der Waals surface area contributed by atoms with E-state index in [0.29, 0.717) is 6.04 Å². The summed E-state index contributed by atoms with van der Waals surface area (Å²) >= 11 is 0. The van der Waals surface area contributed by atoms with Crippen molar-refractivity contribution in [1.29, 1.82) is 0 Å². The van der Waals surface area contributed by atoms with Crippen molar-refractivity contribution in [2.45, 2.75) is 38.6 Å². The standard InChI is InChI=1S/C15H19N/c1-3-13-8-6-9-14(11-13)16-15-10-5-4-7-12(15)2/h1,6,8-9,11-12,15-16H,4-5,7,10H2,2H3/t12-,15+/m1/s1. The number of benzene rings is 1. The number of anilines is 1. The number of hydrogen-bond acceptors (Lipinski definition) is 1. The summed E-state index contributed by atoms with van der Waals surface area (Å²) in [7, 11) is 0. The average molecular weight is 213 g/mol. The van der Waals surface area contributed by atoms with Crippen molar-refractivity contribution in [3.63, 3.8) is 0 Å². The Morgan fingerprint density at radius 1 is 1.31 bits per heavy atom. The van der Waals surface area contributed by atoms with Gasteiger partial charge in [-0.3, -0.25) is 0 Å². The lowest BCUT2D eigenvalue weighted by molar-refractivity contribution is 0.349. The maximum Gasteiger partial charge on any atom is 0.0354 e. The zero-order valence-corrected chi connectivity index (χ0v) is 9.87. The molecule has 0 heterocycles. The Kier molecular flexibility index (Phi) is 3.51. The van der Waals surface area contributed by atoms with E-state index in [1.54, 1.807) is 0 Å². The third kappa shape index (κ3) is 2.58. The highest BCUT2D eigenvalue weighted by molar-refractivity contribution is 5.50. The van der Waals surface area contributed by atoms with Crippen LogP contribution in [0, 0.1) is 18.3 Å². The van der Waals surface area contributed by atoms with Gasteiger partial charge in [-0.2, -0.15) is 0 Å². The number of nitrogens with one attached hydrogen (secondary N) is 1. The second-order valence-electron chi connectivity index (χ2n) is 4.74. The fraction of sp³-hybridized carbons (Fsp3) is 0.467. The Hall–Kier alpha value is -1.42. The summed E-state index contributed by atoms with van der Waals surface area (Å²) in [4.78, 5) is 0. The van der Waals surface area contributed by atoms with E-state index < -0.39 is 0 Å². The van der Waals surface area contributed by atoms with Crippen LogP contribution < -0.4 is 5.32 Å². The lowest BCUT2D eigenvalue weighted by atomic mass is 9.86. The summed E-state index contributed by atoms with van der Waals surface area (Å²) in [6.07, 6.45) is 10.7. The van der Waals surface area contributed by atoms with Crippen LogP contribution in [0.1, 0.15) is 38.2 Å². The highest BCUT2D eigenvalue weighted by atomic mass is 14.9. The maximum atomic E-state index is 5.40. The molecule has 1 nitrogen and oxygen atoms in total. The lowest BCUT2D eigenvalue weighted by Gasteiger charge is -2.30. The Bertz CT molecular complexity index is 389. The van der Waals surface area contributed by atoms with Gasteiger partial charge in [-0.15, -0.1) is 6.42 Å². The van der Waals surface area contributed by atoms with Crippen LogP contribution in [-0.2, 0) is 0 Å². The molecule has 0 amide bonds. The SMILES string of the molecule is C#Cc1cccc(N[C@H]2CCCC[C@H]2C)c1. The summed E-state index contributed by atoms with van der Waals surface area (Å²) in [5.41, 5.74) is 2.11. The molecule has 1 aliphatic carbocycles. The van der Waals surface area contributed by atoms with Crippen LogP contribution in [-0.4, -0.2) is 6.04 Å². The Morgan fingerprint density at radius 2 is 2.12 bits per heavy atom. The third-order valence-electron chi connectivity index (χ3n) is 3.49. The van der Waals surface area contributed by atoms with Gasteiger partial charge in [0.2, 0.25) is 0 Å². The zero-order valence-electron chi connectivity index (χ0n) is 9.87. The summed E-state index contributed by atoms with van der Waals surface area (Å²) < 4.78 is 0. The van der Waals surface area contributed by atoms with Crippen LogP contribution in [0.4, 0.5) is 5.69 Å². The predicted molar refractivity (Wildman–Crippen MR) is 69.4 cm³/mol. The maximum absolute atomic E-state index is 5.40. The van der Waals surface area contributed by atoms with Gasteiger partial charge in [0.1, 0.15) is 0 Å². The fourth-order valence-electron chi connectivity index (χ4n) is 2.44. The van der Waals surface area contributed by atoms with Gasteiger partial charge in [0.05, 0.1) is 0 Å². The molecule has 0 aliphatic heterocycles. The van der Waals surface area contributed by atoms with E-state index in [0.717, 1.165) is 17.2 Å². The molecule has 1 aromatic rings. The van der Waals surface area contributed by atoms with E-state index in [-0.39, 0.29) is 0 Å². The van der Waals surface area contributed by atoms with Crippen LogP contribution in [0.15, 0.2) is 24.3 Å². The molecule has 84 valence electrons. The van der Waals surface area contributed by atoms with Crippen LogP contribution in [0.5, 0.6) is 0 Å². The summed E-state index contributed by atoms with van der Waals surface area (Å²) in [6.45, 7) is 2.34. The van der Waals surface area contributed by atoms with Crippen molar-refractivity contribution in [2.75, 3.05) is 5.32 Å². The largest absolute Gasteiger partial charge is 0.382 e. The van der Waals surface area contributed by atoms with Crippen LogP contribution in [0.25, 0.3) is 0 Å². The molecule has 0 aromatic heterocycles. The minimum absolute atomic E-state index is 0.613. The molecule has 1 N–H and O–H groups in total. The summed E-state index contributed by atoms with van der Waals surface area (Å²) in [5.74, 6) is 3.44. The third-order valence-corrected chi connectivity index (χ3v) is 3.49. The molecular weight excluding hydrogens is 194 g/mol. The quantitative estimate of drug-likeness (QED) is 0.739. The van der Waals surface area contributed by atoms with Gasteiger partial charge in [0.25, 0.3) is 0 Å². The first-order valence-corrected chi connectivity index (χ1v) is 6.13. The van der Waals surface area contributed by atoms with Crippen molar-refractivity contribution < 1.29 is 0 Å². The predicted octanol–water partition coefficient (Wildman–Crippen LogP) is 3.66. The number of terminal acetylenes is 1. The molecule has 0 saturated heterocycles. The minimum Gasteiger partial charge on any atom is -0.382 e. The molecule has 2 rings (SSSR count). The smallest absolute Gasteiger partial charge is 0.0354 e. The molecule has 2 atom stereocenters. The molecule has 1 aliphatic rings. The van der Waals surface area contributed by atoms with Crippen LogP contribution in [0.3, 0.4) is 0 Å². The first-order valence-electron chi connectivity index (χ1n) is 6.13. The molecule has 0 radical (unpaired) electrons. The van der Waals surface area contributed by atoms with Crippen molar-refractivity contribution in [2.24, 2.45) is 5.92 Å². The monoisotopic (exact) mass is 213 g/mol. The molecule has 0 spiro atoms. The van der Waals surface area contributed by atoms with Crippen molar-refractivity contribution >= 4 is 5.69 Å². The van der Waals surface area contributed by atoms with E-state index in [1.807, 2.05) is 12.1 Å². The Morgan fingerprint density at radius 3 is 2.88 bits per heavy atom. The second kappa shape index (κ2) is 5.07. The van der Waals surface area contributed by atoms with Crippen molar-refractivity contribution in [3.05, 3.63) is 29.8 Å². The van der Waals surface area contributed by atoms with E-state index in [9.17, 15) is 0 Å². The van der Waals surface area contributed by atoms with Crippen LogP contribution >= 0.6 is 0 Å². The first kappa shape index (κ1) is 11.1. The Balaban J connectivity index is 2.05. The minimum atomic E-state index is 0.613. The highest BCUT2D eigenvalue weighted by Gasteiger charge is 2.20. The lowest BCUT2D eigenvalue weighted by Crippen LogP contribution is -2.30. The van der Waals surface area contributed by atoms with E-state index >= 15 is 0 Å². The molecule has 0 unspecified atom stereocenters. The van der Waals surface area contributed by atoms with Gasteiger partial charge in [-0.1, -0.05) is 31.8 Å². The number of hydrogen-bond donors (Lipinski definition) is 1. The second-order valence-corrected chi connectivity index (χ2v) is 4.74. The van der Waals surface area contributed by atoms with Gasteiger partial charge in [-0.25, -0.2) is 0 Å². The topological polar surface area (TPSA) is 12.0 Å². The molecule has 0 bridgehead atoms. The van der Waals surface area contributed by atoms with Crippen molar-refractivity contribution in [3.8, 4) is 12.3 Å². The molecule has 16 heavy (non-hydrogen) atoms. The van der Waals surface area contributed by atoms with Gasteiger partial charge in [0.15, 0.2) is 0 Å². The zero-order chi connectivity index (χ0) is 11.4. The van der Waals surface area contributed by atoms with E-state index in [2.05, 4.69) is 30.3 Å². The summed E-state index contributed by atoms with van der Waals surface area (Å²) in [5, 5.41) is 3.61. The Labute approximate surface area is 98.3 Å². The van der Waals surface area contributed by atoms with Gasteiger partial charge >= 0.3 is 0 Å². The average Bonchev–Trinajstić information content (AvgIpc) is 2.32. The van der Waals surface area contributed by atoms with Crippen molar-refractivity contribution in [1.82, 2.24) is 0 Å². The first-order chi connectivity index (χ1) is 7.79. The molecule has 1 fully saturated rings. The molecule has 1 aromatic carbocycles. The molecule has 1 heteroatoms. The van der Waals surface area contributed by atoms with E-state index in [1.165, 1.54) is 25.7 Å². The van der Waals surface area contributed by atoms with Gasteiger partial charge in [-0.05, 0) is 37.0 Å². The fourth-order valence-corrected chi connectivity index (χ4v) is 2.44. The van der Waals surface area contributed by atoms with E-state index in [4.69, 9.17) is 6.42 Å². The van der Waals surface area contributed by atoms with Crippen LogP contribution in [0.2, 0.25) is 0 Å². The normalized spacial score (nSPS) is 24.8. The summed E-state index contributed by atoms with van der Waals surface area (Å²) in [6, 6.07) is 8.76. The number of rotatable bonds is 2. The van der Waals surface area contributed by atoms with Gasteiger partial charge < -0.3 is 5.32 Å². The molecule has 1 saturated carbocycles. The highest BCUT2D eigenvalue weighted by Crippen LogP contribution is 2.26.